The van der Waals surface area contributed by atoms with E-state index in [-0.39, 0.29) is 16.1 Å². The van der Waals surface area contributed by atoms with E-state index in [2.05, 4.69) is 5.32 Å². The summed E-state index contributed by atoms with van der Waals surface area (Å²) in [6, 6.07) is 9.50. The van der Waals surface area contributed by atoms with Crippen molar-refractivity contribution in [3.05, 3.63) is 40.3 Å². The number of rotatable bonds is 5. The Morgan fingerprint density at radius 3 is 2.62 bits per heavy atom. The fraction of sp³-hybridized carbons (Fsp3) is 0.143. The summed E-state index contributed by atoms with van der Waals surface area (Å²) >= 11 is 1.09. The second-order valence-electron chi connectivity index (χ2n) is 4.23. The number of hydrogen-bond donors (Lipinski definition) is 3. The second kappa shape index (κ2) is 6.15. The molecule has 0 atom stereocenters. The molecule has 0 spiro atoms. The highest BCUT2D eigenvalue weighted by Gasteiger charge is 2.18. The predicted molar refractivity (Wildman–Crippen MR) is 82.3 cm³/mol. The number of nitrogens with two attached hydrogens (primary N) is 2. The maximum Gasteiger partial charge on any atom is 0.261 e. The molecule has 1 aromatic heterocycles. The SMILES string of the molecule is COc1ccc(CNc2sc(C(N)=O)c(N)c2C#N)cc1. The van der Waals surface area contributed by atoms with Crippen molar-refractivity contribution in [2.45, 2.75) is 6.54 Å². The molecule has 1 aromatic carbocycles. The van der Waals surface area contributed by atoms with E-state index in [9.17, 15) is 4.79 Å². The fourth-order valence-electron chi connectivity index (χ4n) is 1.79. The quantitative estimate of drug-likeness (QED) is 0.780. The molecule has 108 valence electrons. The number of nitrogen functional groups attached to an aromatic ring is 1. The lowest BCUT2D eigenvalue weighted by Crippen LogP contribution is -2.10. The summed E-state index contributed by atoms with van der Waals surface area (Å²) in [5.74, 6) is 0.138. The van der Waals surface area contributed by atoms with Gasteiger partial charge in [0, 0.05) is 6.54 Å². The molecule has 7 heteroatoms. The van der Waals surface area contributed by atoms with Gasteiger partial charge in [0.25, 0.3) is 5.91 Å². The third-order valence-electron chi connectivity index (χ3n) is 2.89. The van der Waals surface area contributed by atoms with E-state index < -0.39 is 5.91 Å². The van der Waals surface area contributed by atoms with Crippen molar-refractivity contribution >= 4 is 27.9 Å². The van der Waals surface area contributed by atoms with Crippen LogP contribution in [0.1, 0.15) is 20.8 Å². The Balaban J connectivity index is 2.17. The summed E-state index contributed by atoms with van der Waals surface area (Å²) in [5.41, 5.74) is 12.4. The minimum Gasteiger partial charge on any atom is -0.497 e. The Morgan fingerprint density at radius 1 is 1.43 bits per heavy atom. The summed E-state index contributed by atoms with van der Waals surface area (Å²) in [7, 11) is 1.60. The fourth-order valence-corrected chi connectivity index (χ4v) is 2.71. The third-order valence-corrected chi connectivity index (χ3v) is 4.07. The van der Waals surface area contributed by atoms with Gasteiger partial charge in [-0.1, -0.05) is 12.1 Å². The van der Waals surface area contributed by atoms with Gasteiger partial charge in [0.2, 0.25) is 0 Å². The normalized spacial score (nSPS) is 9.90. The Morgan fingerprint density at radius 2 is 2.10 bits per heavy atom. The van der Waals surface area contributed by atoms with Crippen molar-refractivity contribution in [2.24, 2.45) is 5.73 Å². The highest BCUT2D eigenvalue weighted by molar-refractivity contribution is 7.18. The Hall–Kier alpha value is -2.72. The van der Waals surface area contributed by atoms with E-state index in [1.54, 1.807) is 7.11 Å². The van der Waals surface area contributed by atoms with Gasteiger partial charge in [-0.25, -0.2) is 0 Å². The first kappa shape index (κ1) is 14.7. The van der Waals surface area contributed by atoms with Crippen LogP contribution in [0, 0.1) is 11.3 Å². The van der Waals surface area contributed by atoms with Crippen LogP contribution >= 0.6 is 11.3 Å². The van der Waals surface area contributed by atoms with Gasteiger partial charge in [-0.2, -0.15) is 5.26 Å². The molecule has 0 saturated heterocycles. The maximum atomic E-state index is 11.2. The number of nitriles is 1. The summed E-state index contributed by atoms with van der Waals surface area (Å²) in [4.78, 5) is 11.4. The van der Waals surface area contributed by atoms with Gasteiger partial charge >= 0.3 is 0 Å². The number of nitrogens with one attached hydrogen (secondary N) is 1. The van der Waals surface area contributed by atoms with Gasteiger partial charge < -0.3 is 21.5 Å². The second-order valence-corrected chi connectivity index (χ2v) is 5.25. The molecule has 21 heavy (non-hydrogen) atoms. The number of hydrogen-bond acceptors (Lipinski definition) is 6. The molecule has 0 aliphatic carbocycles. The number of anilines is 2. The topological polar surface area (TPSA) is 114 Å². The van der Waals surface area contributed by atoms with E-state index in [4.69, 9.17) is 21.5 Å². The van der Waals surface area contributed by atoms with Crippen molar-refractivity contribution < 1.29 is 9.53 Å². The number of benzene rings is 1. The maximum absolute atomic E-state index is 11.2. The Kier molecular flexibility index (Phi) is 4.30. The first-order chi connectivity index (χ1) is 10.1. The molecule has 0 fully saturated rings. The number of nitrogens with zero attached hydrogens (tertiary/aromatic N) is 1. The molecule has 5 N–H and O–H groups in total. The number of carbonyl (C=O) groups excluding carboxylic acids is 1. The molecule has 0 bridgehead atoms. The van der Waals surface area contributed by atoms with E-state index in [1.165, 1.54) is 0 Å². The van der Waals surface area contributed by atoms with Crippen molar-refractivity contribution in [3.63, 3.8) is 0 Å². The van der Waals surface area contributed by atoms with Crippen molar-refractivity contribution in [1.82, 2.24) is 0 Å². The third kappa shape index (κ3) is 3.07. The zero-order chi connectivity index (χ0) is 15.4. The molecule has 0 radical (unpaired) electrons. The molecule has 1 amide bonds. The molecule has 1 heterocycles. The van der Waals surface area contributed by atoms with Gasteiger partial charge in [-0.05, 0) is 17.7 Å². The Labute approximate surface area is 125 Å². The van der Waals surface area contributed by atoms with E-state index in [0.717, 1.165) is 22.6 Å². The zero-order valence-corrected chi connectivity index (χ0v) is 12.2. The molecular weight excluding hydrogens is 288 g/mol. The molecule has 2 aromatic rings. The minimum atomic E-state index is -0.633. The highest BCUT2D eigenvalue weighted by Crippen LogP contribution is 2.35. The lowest BCUT2D eigenvalue weighted by atomic mass is 10.2. The van der Waals surface area contributed by atoms with Gasteiger partial charge in [0.15, 0.2) is 0 Å². The highest BCUT2D eigenvalue weighted by atomic mass is 32.1. The molecule has 0 aliphatic heterocycles. The first-order valence-corrected chi connectivity index (χ1v) is 6.87. The largest absolute Gasteiger partial charge is 0.497 e. The predicted octanol–water partition coefficient (Wildman–Crippen LogP) is 1.92. The van der Waals surface area contributed by atoms with Gasteiger partial charge in [0.05, 0.1) is 12.8 Å². The average Bonchev–Trinajstić information content (AvgIpc) is 2.81. The molecule has 2 rings (SSSR count). The van der Waals surface area contributed by atoms with Crippen molar-refractivity contribution in [3.8, 4) is 11.8 Å². The molecule has 0 saturated carbocycles. The number of ether oxygens (including phenoxy) is 1. The first-order valence-electron chi connectivity index (χ1n) is 6.05. The molecular formula is C14H14N4O2S. The average molecular weight is 302 g/mol. The molecule has 0 unspecified atom stereocenters. The van der Waals surface area contributed by atoms with Crippen molar-refractivity contribution in [1.29, 1.82) is 5.26 Å². The zero-order valence-electron chi connectivity index (χ0n) is 11.3. The van der Waals surface area contributed by atoms with E-state index >= 15 is 0 Å². The smallest absolute Gasteiger partial charge is 0.261 e. The lowest BCUT2D eigenvalue weighted by molar-refractivity contribution is 0.100. The van der Waals surface area contributed by atoms with Gasteiger partial charge in [0.1, 0.15) is 27.3 Å². The standard InChI is InChI=1S/C14H14N4O2S/c1-20-9-4-2-8(3-5-9)7-18-14-10(6-15)11(16)12(21-14)13(17)19/h2-5,18H,7,16H2,1H3,(H2,17,19). The minimum absolute atomic E-state index is 0.132. The van der Waals surface area contributed by atoms with Crippen LogP contribution in [-0.4, -0.2) is 13.0 Å². The molecule has 6 nitrogen and oxygen atoms in total. The number of methoxy groups -OCH3 is 1. The van der Waals surface area contributed by atoms with Crippen LogP contribution in [0.3, 0.4) is 0 Å². The summed E-state index contributed by atoms with van der Waals surface area (Å²) in [5, 5.41) is 12.8. The van der Waals surface area contributed by atoms with Crippen LogP contribution in [0.15, 0.2) is 24.3 Å². The van der Waals surface area contributed by atoms with Gasteiger partial charge in [-0.3, -0.25) is 4.79 Å². The number of primary amides is 1. The van der Waals surface area contributed by atoms with Crippen LogP contribution in [0.5, 0.6) is 5.75 Å². The van der Waals surface area contributed by atoms with Gasteiger partial charge in [-0.15, -0.1) is 11.3 Å². The van der Waals surface area contributed by atoms with Crippen LogP contribution in [-0.2, 0) is 6.54 Å². The number of amides is 1. The van der Waals surface area contributed by atoms with Crippen LogP contribution in [0.2, 0.25) is 0 Å². The molecule has 0 aliphatic rings. The summed E-state index contributed by atoms with van der Waals surface area (Å²) < 4.78 is 5.08. The number of carbonyl (C=O) groups is 1. The number of thiophene rings is 1. The van der Waals surface area contributed by atoms with Crippen LogP contribution < -0.4 is 21.5 Å². The Bertz CT molecular complexity index is 701. The van der Waals surface area contributed by atoms with Crippen LogP contribution in [0.4, 0.5) is 10.7 Å². The lowest BCUT2D eigenvalue weighted by Gasteiger charge is -2.05. The van der Waals surface area contributed by atoms with Crippen LogP contribution in [0.25, 0.3) is 0 Å². The summed E-state index contributed by atoms with van der Waals surface area (Å²) in [6.45, 7) is 0.497. The van der Waals surface area contributed by atoms with Crippen molar-refractivity contribution in [2.75, 3.05) is 18.2 Å². The van der Waals surface area contributed by atoms with E-state index in [0.29, 0.717) is 11.5 Å². The summed E-state index contributed by atoms with van der Waals surface area (Å²) in [6.07, 6.45) is 0. The monoisotopic (exact) mass is 302 g/mol. The van der Waals surface area contributed by atoms with E-state index in [1.807, 2.05) is 30.3 Å².